The number of benzene rings is 2. The number of aliphatic hydroxyl groups excluding tert-OH is 1. The van der Waals surface area contributed by atoms with Crippen LogP contribution in [0.4, 0.5) is 5.13 Å². The van der Waals surface area contributed by atoms with Gasteiger partial charge in [0.05, 0.1) is 37.9 Å². The number of carbonyl (C=O) groups is 1. The number of thiazole rings is 1. The van der Waals surface area contributed by atoms with Crippen LogP contribution in [-0.4, -0.2) is 65.0 Å². The zero-order chi connectivity index (χ0) is 24.7. The van der Waals surface area contributed by atoms with E-state index in [1.165, 1.54) is 11.3 Å². The van der Waals surface area contributed by atoms with E-state index in [0.717, 1.165) is 29.9 Å². The molecule has 0 saturated carbocycles. The highest BCUT2D eigenvalue weighted by molar-refractivity contribution is 7.13. The summed E-state index contributed by atoms with van der Waals surface area (Å²) < 4.78 is 18.0. The number of β-amino-alcohol motifs (C(OH)–C–C–N with tert-alkyl or cyclic N) is 1. The molecule has 2 aromatic carbocycles. The highest BCUT2D eigenvalue weighted by Gasteiger charge is 2.38. The molecule has 0 spiro atoms. The first-order valence-corrected chi connectivity index (χ1v) is 13.2. The second kappa shape index (κ2) is 11.9. The van der Waals surface area contributed by atoms with Gasteiger partial charge in [-0.15, -0.1) is 11.3 Å². The van der Waals surface area contributed by atoms with Crippen molar-refractivity contribution in [1.29, 1.82) is 0 Å². The number of nitrogens with zero attached hydrogens (tertiary/aromatic N) is 2. The molecule has 3 aromatic rings. The minimum atomic E-state index is -0.562. The first-order chi connectivity index (χ1) is 17.6. The van der Waals surface area contributed by atoms with Crippen LogP contribution in [0.1, 0.15) is 24.8 Å². The van der Waals surface area contributed by atoms with Crippen LogP contribution in [0.5, 0.6) is 11.5 Å². The first-order valence-electron chi connectivity index (χ1n) is 12.3. The Morgan fingerprint density at radius 3 is 2.69 bits per heavy atom. The molecule has 0 unspecified atom stereocenters. The Bertz CT molecular complexity index is 1100. The summed E-state index contributed by atoms with van der Waals surface area (Å²) in [6.07, 6.45) is 2.69. The van der Waals surface area contributed by atoms with Gasteiger partial charge >= 0.3 is 0 Å². The maximum atomic E-state index is 12.4. The van der Waals surface area contributed by atoms with Crippen molar-refractivity contribution in [2.75, 3.05) is 25.1 Å². The lowest BCUT2D eigenvalue weighted by Gasteiger charge is -2.44. The Morgan fingerprint density at radius 2 is 1.92 bits per heavy atom. The predicted octanol–water partition coefficient (Wildman–Crippen LogP) is 4.07. The molecule has 3 heterocycles. The number of hydrogen-bond donors (Lipinski definition) is 2. The van der Waals surface area contributed by atoms with Crippen molar-refractivity contribution in [3.05, 3.63) is 71.7 Å². The predicted molar refractivity (Wildman–Crippen MR) is 137 cm³/mol. The summed E-state index contributed by atoms with van der Waals surface area (Å²) in [7, 11) is 0. The molecule has 8 nitrogen and oxygen atoms in total. The third-order valence-electron chi connectivity index (χ3n) is 6.47. The highest BCUT2D eigenvalue weighted by Crippen LogP contribution is 2.30. The monoisotopic (exact) mass is 509 g/mol. The molecular formula is C27H31N3O5S. The van der Waals surface area contributed by atoms with E-state index in [2.05, 4.69) is 27.3 Å². The smallest absolute Gasteiger partial charge is 0.228 e. The van der Waals surface area contributed by atoms with E-state index in [0.29, 0.717) is 24.8 Å². The van der Waals surface area contributed by atoms with E-state index in [1.807, 2.05) is 47.8 Å². The Balaban J connectivity index is 1.21. The maximum Gasteiger partial charge on any atom is 0.228 e. The Hall–Kier alpha value is -2.82. The number of ether oxygens (including phenoxy) is 3. The Labute approximate surface area is 214 Å². The van der Waals surface area contributed by atoms with E-state index in [1.54, 1.807) is 6.20 Å². The molecule has 0 bridgehead atoms. The van der Waals surface area contributed by atoms with Crippen LogP contribution in [0.2, 0.25) is 0 Å². The van der Waals surface area contributed by atoms with Gasteiger partial charge in [0.1, 0.15) is 11.5 Å². The number of para-hydroxylation sites is 1. The minimum absolute atomic E-state index is 0.0924. The third-order valence-corrected chi connectivity index (χ3v) is 7.16. The lowest BCUT2D eigenvalue weighted by molar-refractivity contribution is -0.156. The second-order valence-corrected chi connectivity index (χ2v) is 10.1. The van der Waals surface area contributed by atoms with E-state index in [-0.39, 0.29) is 37.2 Å². The number of hydrogen-bond acceptors (Lipinski definition) is 8. The summed E-state index contributed by atoms with van der Waals surface area (Å²) in [5, 5.41) is 15.7. The summed E-state index contributed by atoms with van der Waals surface area (Å²) in [5.74, 6) is 1.49. The zero-order valence-corrected chi connectivity index (χ0v) is 20.8. The molecule has 9 heteroatoms. The topological polar surface area (TPSA) is 93.2 Å². The van der Waals surface area contributed by atoms with Crippen molar-refractivity contribution >= 4 is 22.4 Å². The van der Waals surface area contributed by atoms with E-state index in [4.69, 9.17) is 14.2 Å². The molecule has 2 fully saturated rings. The lowest BCUT2D eigenvalue weighted by atomic mass is 9.94. The van der Waals surface area contributed by atoms with Crippen LogP contribution in [0.15, 0.2) is 66.2 Å². The van der Waals surface area contributed by atoms with Crippen molar-refractivity contribution in [2.24, 2.45) is 0 Å². The fraction of sp³-hybridized carbons (Fsp3) is 0.407. The van der Waals surface area contributed by atoms with Crippen LogP contribution >= 0.6 is 11.3 Å². The molecule has 1 amide bonds. The van der Waals surface area contributed by atoms with Crippen molar-refractivity contribution in [1.82, 2.24) is 9.88 Å². The van der Waals surface area contributed by atoms with Crippen LogP contribution in [0.25, 0.3) is 0 Å². The number of anilines is 1. The van der Waals surface area contributed by atoms with Crippen LogP contribution in [-0.2, 0) is 20.8 Å². The molecule has 2 N–H and O–H groups in total. The molecule has 1 aromatic heterocycles. The SMILES string of the molecule is O=C(C[C@H]1CC[C@@H]2[C@H](COC[C@@H](O)CN2Cc2ccc(Oc3ccccc3)cc2)O1)Nc1nccs1. The van der Waals surface area contributed by atoms with Crippen molar-refractivity contribution in [3.63, 3.8) is 0 Å². The fourth-order valence-corrected chi connectivity index (χ4v) is 5.36. The summed E-state index contributed by atoms with van der Waals surface area (Å²) >= 11 is 1.40. The Morgan fingerprint density at radius 1 is 1.11 bits per heavy atom. The molecule has 190 valence electrons. The number of aliphatic hydroxyl groups is 1. The summed E-state index contributed by atoms with van der Waals surface area (Å²) in [6.45, 7) is 1.85. The van der Waals surface area contributed by atoms with E-state index < -0.39 is 6.10 Å². The van der Waals surface area contributed by atoms with Gasteiger partial charge in [0.2, 0.25) is 5.91 Å². The highest BCUT2D eigenvalue weighted by atomic mass is 32.1. The largest absolute Gasteiger partial charge is 0.457 e. The molecule has 5 rings (SSSR count). The second-order valence-electron chi connectivity index (χ2n) is 9.21. The standard InChI is InChI=1S/C27H31N3O5S/c31-20-16-30(15-19-6-8-22(9-7-19)34-21-4-2-1-3-5-21)24-11-10-23(35-25(24)18-33-17-20)14-26(32)29-27-28-12-13-36-27/h1-9,12-13,20,23-25,31H,10-11,14-18H2,(H,28,29,32)/t20-,23+,24+,25-/m0/s1. The van der Waals surface area contributed by atoms with Crippen LogP contribution in [0.3, 0.4) is 0 Å². The average molecular weight is 510 g/mol. The number of amides is 1. The van der Waals surface area contributed by atoms with Crippen molar-refractivity contribution < 1.29 is 24.1 Å². The minimum Gasteiger partial charge on any atom is -0.457 e. The summed E-state index contributed by atoms with van der Waals surface area (Å²) in [5.41, 5.74) is 1.13. The van der Waals surface area contributed by atoms with Gasteiger partial charge in [0, 0.05) is 30.7 Å². The quantitative estimate of drug-likeness (QED) is 0.496. The number of nitrogens with one attached hydrogen (secondary N) is 1. The first kappa shape index (κ1) is 24.9. The Kier molecular flexibility index (Phi) is 8.25. The maximum absolute atomic E-state index is 12.4. The third kappa shape index (κ3) is 6.68. The number of fused-ring (bicyclic) bond motifs is 1. The van der Waals surface area contributed by atoms with Crippen molar-refractivity contribution in [3.8, 4) is 11.5 Å². The van der Waals surface area contributed by atoms with Gasteiger partial charge in [-0.05, 0) is 42.7 Å². The van der Waals surface area contributed by atoms with Gasteiger partial charge in [-0.25, -0.2) is 4.98 Å². The number of aromatic nitrogens is 1. The van der Waals surface area contributed by atoms with Gasteiger partial charge in [-0.2, -0.15) is 0 Å². The summed E-state index contributed by atoms with van der Waals surface area (Å²) in [6, 6.07) is 17.9. The van der Waals surface area contributed by atoms with Gasteiger partial charge < -0.3 is 24.6 Å². The van der Waals surface area contributed by atoms with Crippen molar-refractivity contribution in [2.45, 2.75) is 50.2 Å². The normalized spacial score (nSPS) is 24.8. The van der Waals surface area contributed by atoms with Crippen LogP contribution in [0, 0.1) is 0 Å². The molecule has 0 aliphatic carbocycles. The molecule has 2 aliphatic rings. The van der Waals surface area contributed by atoms with Crippen LogP contribution < -0.4 is 10.1 Å². The van der Waals surface area contributed by atoms with Gasteiger partial charge in [0.25, 0.3) is 0 Å². The van der Waals surface area contributed by atoms with Gasteiger partial charge in [0.15, 0.2) is 5.13 Å². The molecule has 36 heavy (non-hydrogen) atoms. The molecular weight excluding hydrogens is 478 g/mol. The number of rotatable bonds is 7. The summed E-state index contributed by atoms with van der Waals surface area (Å²) in [4.78, 5) is 18.8. The van der Waals surface area contributed by atoms with Gasteiger partial charge in [-0.1, -0.05) is 30.3 Å². The van der Waals surface area contributed by atoms with E-state index in [9.17, 15) is 9.90 Å². The zero-order valence-electron chi connectivity index (χ0n) is 20.0. The molecule has 4 atom stereocenters. The van der Waals surface area contributed by atoms with E-state index >= 15 is 0 Å². The average Bonchev–Trinajstić information content (AvgIpc) is 3.38. The number of carbonyl (C=O) groups excluding carboxylic acids is 1. The van der Waals surface area contributed by atoms with Gasteiger partial charge in [-0.3, -0.25) is 9.69 Å². The molecule has 2 saturated heterocycles. The lowest BCUT2D eigenvalue weighted by Crippen LogP contribution is -2.55. The fourth-order valence-electron chi connectivity index (χ4n) is 4.81. The molecule has 0 radical (unpaired) electrons. The molecule has 2 aliphatic heterocycles.